The molecule has 0 spiro atoms. The fraction of sp³-hybridized carbons (Fsp3) is 0.375. The fourth-order valence-corrected chi connectivity index (χ4v) is 4.76. The van der Waals surface area contributed by atoms with Crippen molar-refractivity contribution in [1.82, 2.24) is 29.5 Å². The van der Waals surface area contributed by atoms with Crippen LogP contribution in [0.25, 0.3) is 22.6 Å². The van der Waals surface area contributed by atoms with Crippen molar-refractivity contribution in [3.63, 3.8) is 0 Å². The minimum Gasteiger partial charge on any atom is -0.494 e. The monoisotopic (exact) mass is 547 g/mol. The zero-order valence-electron chi connectivity index (χ0n) is 20.7. The zero-order valence-corrected chi connectivity index (χ0v) is 20.7. The van der Waals surface area contributed by atoms with E-state index in [4.69, 9.17) is 16.2 Å². The number of hydrogen-bond acceptors (Lipinski definition) is 10. The number of benzene rings is 1. The van der Waals surface area contributed by atoms with Gasteiger partial charge in [-0.3, -0.25) is 0 Å². The molecule has 3 aromatic heterocycles. The van der Waals surface area contributed by atoms with E-state index in [1.165, 1.54) is 26.0 Å². The van der Waals surface area contributed by atoms with Gasteiger partial charge in [-0.2, -0.15) is 0 Å². The lowest BCUT2D eigenvalue weighted by atomic mass is 9.84. The molecule has 0 radical (unpaired) electrons. The Kier molecular flexibility index (Phi) is 6.94. The molecule has 0 aliphatic carbocycles. The van der Waals surface area contributed by atoms with Gasteiger partial charge in [-0.1, -0.05) is 0 Å². The summed E-state index contributed by atoms with van der Waals surface area (Å²) in [4.78, 5) is 22.9. The molecular weight excluding hydrogens is 522 g/mol. The number of alkyl halides is 2. The van der Waals surface area contributed by atoms with E-state index in [2.05, 4.69) is 24.9 Å². The third-order valence-electron chi connectivity index (χ3n) is 6.80. The number of aliphatic hydroxyl groups excluding tert-OH is 1. The van der Waals surface area contributed by atoms with Crippen molar-refractivity contribution in [3.8, 4) is 17.1 Å². The highest BCUT2D eigenvalue weighted by Crippen LogP contribution is 2.33. The van der Waals surface area contributed by atoms with Crippen molar-refractivity contribution < 1.29 is 27.4 Å². The number of aromatic nitrogens is 6. The molecule has 5 N–H and O–H groups in total. The molecule has 1 aliphatic heterocycles. The van der Waals surface area contributed by atoms with E-state index < -0.39 is 29.7 Å². The Morgan fingerprint density at radius 1 is 1.15 bits per heavy atom. The van der Waals surface area contributed by atoms with E-state index in [9.17, 15) is 22.7 Å². The van der Waals surface area contributed by atoms with Crippen LogP contribution in [-0.4, -0.2) is 72.9 Å². The van der Waals surface area contributed by atoms with E-state index in [1.54, 1.807) is 9.47 Å². The lowest BCUT2D eigenvalue weighted by Gasteiger charge is -2.43. The lowest BCUT2D eigenvalue weighted by molar-refractivity contribution is -0.0529. The van der Waals surface area contributed by atoms with E-state index in [0.717, 1.165) is 12.1 Å². The summed E-state index contributed by atoms with van der Waals surface area (Å²) in [5.41, 5.74) is 11.8. The number of imidazole rings is 1. The number of methoxy groups -OCH3 is 1. The highest BCUT2D eigenvalue weighted by molar-refractivity contribution is 5.81. The van der Waals surface area contributed by atoms with Gasteiger partial charge in [0.25, 0.3) is 6.43 Å². The molecule has 4 aromatic rings. The van der Waals surface area contributed by atoms with E-state index >= 15 is 0 Å². The maximum atomic E-state index is 14.9. The summed E-state index contributed by atoms with van der Waals surface area (Å²) < 4.78 is 62.6. The van der Waals surface area contributed by atoms with Crippen LogP contribution < -0.4 is 21.1 Å². The highest BCUT2D eigenvalue weighted by atomic mass is 19.3. The predicted molar refractivity (Wildman–Crippen MR) is 133 cm³/mol. The topological polar surface area (TPSA) is 154 Å². The number of nitrogens with zero attached hydrogens (tertiary/aromatic N) is 7. The van der Waals surface area contributed by atoms with E-state index in [-0.39, 0.29) is 42.5 Å². The van der Waals surface area contributed by atoms with Crippen LogP contribution in [0.1, 0.15) is 18.5 Å². The van der Waals surface area contributed by atoms with Gasteiger partial charge in [-0.05, 0) is 18.9 Å². The van der Waals surface area contributed by atoms with Crippen molar-refractivity contribution in [2.24, 2.45) is 5.73 Å². The summed E-state index contributed by atoms with van der Waals surface area (Å²) >= 11 is 0. The van der Waals surface area contributed by atoms with Crippen LogP contribution in [0.5, 0.6) is 5.75 Å². The number of nitrogen functional groups attached to an aromatic ring is 1. The lowest BCUT2D eigenvalue weighted by Crippen LogP contribution is -2.63. The van der Waals surface area contributed by atoms with Gasteiger partial charge in [-0.25, -0.2) is 42.5 Å². The first kappa shape index (κ1) is 26.5. The van der Waals surface area contributed by atoms with Gasteiger partial charge in [0.15, 0.2) is 28.9 Å². The largest absolute Gasteiger partial charge is 0.494 e. The Balaban J connectivity index is 1.60. The summed E-state index contributed by atoms with van der Waals surface area (Å²) in [6.07, 6.45) is -0.335. The third kappa shape index (κ3) is 4.90. The Bertz CT molecular complexity index is 1520. The Labute approximate surface area is 219 Å². The number of aliphatic hydroxyl groups is 1. The minimum absolute atomic E-state index is 0.0313. The molecule has 0 unspecified atom stereocenters. The standard InChI is InChI=1S/C24H25F4N9O2/c1-39-17-6-13(25)12(5-14(17)26)22-31-7-16(36-4-2-3-24(30,9-36)19(38)20(27)28)15(35-22)8-37-11-34-18-21(29)32-10-33-23(18)37/h5-7,10-11,19-20,38H,2-4,8-9,30H2,1H3,(H2,29,32,33)/t19-,24+/m1/s1. The van der Waals surface area contributed by atoms with Gasteiger partial charge in [-0.15, -0.1) is 0 Å². The van der Waals surface area contributed by atoms with Crippen LogP contribution in [0.15, 0.2) is 31.0 Å². The number of anilines is 2. The SMILES string of the molecule is COc1cc(F)c(-c2ncc(N3CCC[C@@](N)([C@H](O)C(F)F)C3)c(Cn3cnc4c(N)ncnc43)n2)cc1F. The van der Waals surface area contributed by atoms with Crippen LogP contribution in [0, 0.1) is 11.6 Å². The van der Waals surface area contributed by atoms with Gasteiger partial charge in [0.2, 0.25) is 0 Å². The number of halogens is 4. The van der Waals surface area contributed by atoms with Gasteiger partial charge in [0, 0.05) is 19.2 Å². The average Bonchev–Trinajstić information content (AvgIpc) is 3.33. The normalized spacial score (nSPS) is 18.6. The molecular formula is C24H25F4N9O2. The first-order valence-corrected chi connectivity index (χ1v) is 11.9. The van der Waals surface area contributed by atoms with Gasteiger partial charge in [0.05, 0.1) is 48.7 Å². The second kappa shape index (κ2) is 10.2. The molecule has 1 saturated heterocycles. The molecule has 1 fully saturated rings. The number of fused-ring (bicyclic) bond motifs is 1. The van der Waals surface area contributed by atoms with Gasteiger partial charge in [0.1, 0.15) is 23.8 Å². The van der Waals surface area contributed by atoms with Crippen molar-refractivity contribution in [3.05, 3.63) is 48.3 Å². The maximum Gasteiger partial charge on any atom is 0.265 e. The van der Waals surface area contributed by atoms with Crippen molar-refractivity contribution in [2.75, 3.05) is 30.8 Å². The number of hydrogen-bond donors (Lipinski definition) is 3. The fourth-order valence-electron chi connectivity index (χ4n) is 4.76. The summed E-state index contributed by atoms with van der Waals surface area (Å²) in [5, 5.41) is 10.1. The molecule has 0 saturated carbocycles. The Hall–Kier alpha value is -4.11. The second-order valence-corrected chi connectivity index (χ2v) is 9.33. The molecule has 5 rings (SSSR count). The number of rotatable bonds is 7. The molecule has 0 amide bonds. The first-order valence-electron chi connectivity index (χ1n) is 11.9. The maximum absolute atomic E-state index is 14.9. The van der Waals surface area contributed by atoms with Gasteiger partial charge < -0.3 is 30.8 Å². The highest BCUT2D eigenvalue weighted by Gasteiger charge is 2.43. The van der Waals surface area contributed by atoms with Crippen molar-refractivity contribution in [2.45, 2.75) is 37.5 Å². The minimum atomic E-state index is -3.02. The summed E-state index contributed by atoms with van der Waals surface area (Å²) in [6.45, 7) is 0.332. The molecule has 11 nitrogen and oxygen atoms in total. The third-order valence-corrected chi connectivity index (χ3v) is 6.80. The number of ether oxygens (including phenoxy) is 1. The molecule has 206 valence electrons. The summed E-state index contributed by atoms with van der Waals surface area (Å²) in [6, 6.07) is 1.82. The molecule has 1 aromatic carbocycles. The van der Waals surface area contributed by atoms with Crippen LogP contribution in [0.3, 0.4) is 0 Å². The summed E-state index contributed by atoms with van der Waals surface area (Å²) in [5.74, 6) is -1.83. The first-order chi connectivity index (χ1) is 18.6. The number of nitrogens with two attached hydrogens (primary N) is 2. The molecule has 39 heavy (non-hydrogen) atoms. The molecule has 4 heterocycles. The smallest absolute Gasteiger partial charge is 0.265 e. The molecule has 2 atom stereocenters. The van der Waals surface area contributed by atoms with Crippen LogP contribution in [-0.2, 0) is 6.54 Å². The van der Waals surface area contributed by atoms with Crippen LogP contribution in [0.2, 0.25) is 0 Å². The summed E-state index contributed by atoms with van der Waals surface area (Å²) in [7, 11) is 1.22. The van der Waals surface area contributed by atoms with Crippen molar-refractivity contribution in [1.29, 1.82) is 0 Å². The second-order valence-electron chi connectivity index (χ2n) is 9.33. The average molecular weight is 548 g/mol. The van der Waals surface area contributed by atoms with E-state index in [1.807, 2.05) is 0 Å². The van der Waals surface area contributed by atoms with E-state index in [0.29, 0.717) is 35.5 Å². The Morgan fingerprint density at radius 2 is 1.95 bits per heavy atom. The molecule has 15 heteroatoms. The van der Waals surface area contributed by atoms with Crippen molar-refractivity contribution >= 4 is 22.7 Å². The Morgan fingerprint density at radius 3 is 2.69 bits per heavy atom. The molecule has 0 bridgehead atoms. The quantitative estimate of drug-likeness (QED) is 0.293. The zero-order chi connectivity index (χ0) is 27.9. The van der Waals surface area contributed by atoms with Crippen LogP contribution in [0.4, 0.5) is 29.1 Å². The van der Waals surface area contributed by atoms with Crippen LogP contribution >= 0.6 is 0 Å². The van der Waals surface area contributed by atoms with Gasteiger partial charge >= 0.3 is 0 Å². The molecule has 1 aliphatic rings. The number of piperidine rings is 1. The predicted octanol–water partition coefficient (Wildman–Crippen LogP) is 2.12.